The van der Waals surface area contributed by atoms with E-state index in [0.29, 0.717) is 36.0 Å². The molecule has 2 atom stereocenters. The van der Waals surface area contributed by atoms with Crippen LogP contribution in [0.1, 0.15) is 41.4 Å². The first-order chi connectivity index (χ1) is 18.6. The van der Waals surface area contributed by atoms with Gasteiger partial charge in [-0.25, -0.2) is 27.8 Å². The van der Waals surface area contributed by atoms with E-state index >= 15 is 0 Å². The van der Waals surface area contributed by atoms with Gasteiger partial charge >= 0.3 is 0 Å². The second kappa shape index (κ2) is 10.7. The van der Waals surface area contributed by atoms with Crippen LogP contribution in [0.4, 0.5) is 21.8 Å². The Balaban J connectivity index is 1.21. The van der Waals surface area contributed by atoms with Crippen molar-refractivity contribution in [2.45, 2.75) is 44.9 Å². The number of fused-ring (bicyclic) bond motifs is 1. The van der Waals surface area contributed by atoms with E-state index in [0.717, 1.165) is 36.9 Å². The predicted octanol–water partition coefficient (Wildman–Crippen LogP) is 3.14. The molecule has 1 aromatic carbocycles. The number of ether oxygens (including phenoxy) is 1. The van der Waals surface area contributed by atoms with Crippen LogP contribution in [0, 0.1) is 5.82 Å². The average molecular weight is 556 g/mol. The lowest BCUT2D eigenvalue weighted by atomic mass is 9.96. The third-order valence-corrected chi connectivity index (χ3v) is 7.55. The number of piperidine rings is 1. The monoisotopic (exact) mass is 555 g/mol. The lowest BCUT2D eigenvalue weighted by Crippen LogP contribution is -2.50. The molecule has 3 aromatic rings. The van der Waals surface area contributed by atoms with E-state index in [4.69, 9.17) is 4.74 Å². The van der Waals surface area contributed by atoms with Gasteiger partial charge in [0, 0.05) is 73.1 Å². The molecule has 1 saturated heterocycles. The van der Waals surface area contributed by atoms with Crippen molar-refractivity contribution >= 4 is 33.4 Å². The van der Waals surface area contributed by atoms with Gasteiger partial charge in [0.05, 0.1) is 19.1 Å². The number of nitrogens with zero attached hydrogens (tertiary/aromatic N) is 5. The summed E-state index contributed by atoms with van der Waals surface area (Å²) in [6.45, 7) is 3.99. The van der Waals surface area contributed by atoms with Gasteiger partial charge in [-0.2, -0.15) is 0 Å². The number of methoxy groups -OCH3 is 1. The number of rotatable bonds is 7. The molecular weight excluding hydrogens is 525 g/mol. The average Bonchev–Trinajstić information content (AvgIpc) is 3.30. The summed E-state index contributed by atoms with van der Waals surface area (Å²) in [6.07, 6.45) is 5.85. The van der Waals surface area contributed by atoms with Gasteiger partial charge < -0.3 is 15.0 Å². The zero-order chi connectivity index (χ0) is 27.7. The molecule has 0 saturated carbocycles. The van der Waals surface area contributed by atoms with Crippen molar-refractivity contribution in [3.05, 3.63) is 65.4 Å². The number of nitrogens with one attached hydrogen (secondary N) is 2. The van der Waals surface area contributed by atoms with Crippen molar-refractivity contribution in [1.29, 1.82) is 0 Å². The predicted molar refractivity (Wildman–Crippen MR) is 144 cm³/mol. The van der Waals surface area contributed by atoms with E-state index in [1.807, 2.05) is 11.8 Å². The second-order valence-corrected chi connectivity index (χ2v) is 11.7. The minimum absolute atomic E-state index is 0.00860. The van der Waals surface area contributed by atoms with Crippen LogP contribution < -0.4 is 14.8 Å². The molecule has 13 heteroatoms. The molecule has 1 fully saturated rings. The number of hydrogen-bond acceptors (Lipinski definition) is 9. The maximum absolute atomic E-state index is 13.9. The van der Waals surface area contributed by atoms with Gasteiger partial charge in [-0.3, -0.25) is 14.4 Å². The number of carbonyl (C=O) groups excluding carboxylic acids is 1. The van der Waals surface area contributed by atoms with Crippen molar-refractivity contribution in [2.75, 3.05) is 29.9 Å². The van der Waals surface area contributed by atoms with Crippen LogP contribution in [-0.2, 0) is 23.1 Å². The first kappa shape index (κ1) is 26.8. The Morgan fingerprint density at radius 1 is 1.18 bits per heavy atom. The maximum atomic E-state index is 13.9. The molecule has 0 radical (unpaired) electrons. The molecule has 11 nitrogen and oxygen atoms in total. The molecule has 0 bridgehead atoms. The molecule has 5 rings (SSSR count). The number of anilines is 3. The molecular formula is C26H30FN7O4S. The van der Waals surface area contributed by atoms with Gasteiger partial charge in [0.2, 0.25) is 16.0 Å². The van der Waals surface area contributed by atoms with E-state index in [1.165, 1.54) is 31.5 Å². The van der Waals surface area contributed by atoms with Crippen molar-refractivity contribution < 1.29 is 22.3 Å². The molecule has 206 valence electrons. The molecule has 2 aliphatic heterocycles. The van der Waals surface area contributed by atoms with Crippen molar-refractivity contribution in [3.63, 3.8) is 0 Å². The lowest BCUT2D eigenvalue weighted by Gasteiger charge is -2.41. The molecule has 4 heterocycles. The van der Waals surface area contributed by atoms with Gasteiger partial charge in [0.25, 0.3) is 5.91 Å². The lowest BCUT2D eigenvalue weighted by molar-refractivity contribution is 0.0460. The summed E-state index contributed by atoms with van der Waals surface area (Å²) >= 11 is 0. The van der Waals surface area contributed by atoms with E-state index in [1.54, 1.807) is 18.3 Å². The van der Waals surface area contributed by atoms with Crippen LogP contribution in [0.15, 0.2) is 42.7 Å². The van der Waals surface area contributed by atoms with Crippen LogP contribution in [0.2, 0.25) is 0 Å². The number of amides is 1. The van der Waals surface area contributed by atoms with Gasteiger partial charge in [-0.05, 0) is 38.0 Å². The Morgan fingerprint density at radius 2 is 2.00 bits per heavy atom. The van der Waals surface area contributed by atoms with Crippen molar-refractivity contribution in [3.8, 4) is 5.75 Å². The van der Waals surface area contributed by atoms with Gasteiger partial charge in [0.1, 0.15) is 17.4 Å². The highest BCUT2D eigenvalue weighted by Gasteiger charge is 2.35. The zero-order valence-electron chi connectivity index (χ0n) is 21.9. The molecule has 1 amide bonds. The van der Waals surface area contributed by atoms with Crippen LogP contribution >= 0.6 is 0 Å². The van der Waals surface area contributed by atoms with Crippen LogP contribution in [0.25, 0.3) is 0 Å². The number of carbonyl (C=O) groups is 1. The third kappa shape index (κ3) is 6.25. The quantitative estimate of drug-likeness (QED) is 0.452. The minimum atomic E-state index is -3.49. The molecule has 2 aliphatic rings. The fraction of sp³-hybridized carbons (Fsp3) is 0.385. The van der Waals surface area contributed by atoms with Gasteiger partial charge in [-0.1, -0.05) is 0 Å². The molecule has 0 aliphatic carbocycles. The SMILES string of the molecule is COc1cc(F)cc(Nc2ncc3c(n2)CN([C@@H]2CCN(C(=O)c4ccnc(NS(C)(=O)=O)c4)[C@H](C)C2)C3)c1. The summed E-state index contributed by atoms with van der Waals surface area (Å²) in [5.41, 5.74) is 2.86. The molecule has 0 spiro atoms. The van der Waals surface area contributed by atoms with Crippen molar-refractivity contribution in [2.24, 2.45) is 0 Å². The zero-order valence-corrected chi connectivity index (χ0v) is 22.7. The summed E-state index contributed by atoms with van der Waals surface area (Å²) in [5.74, 6) is 0.336. The molecule has 2 aromatic heterocycles. The Labute approximate surface area is 226 Å². The van der Waals surface area contributed by atoms with Crippen molar-refractivity contribution in [1.82, 2.24) is 24.8 Å². The Bertz CT molecular complexity index is 1500. The minimum Gasteiger partial charge on any atom is -0.497 e. The Kier molecular flexibility index (Phi) is 7.36. The fourth-order valence-electron chi connectivity index (χ4n) is 5.13. The number of pyridine rings is 1. The maximum Gasteiger partial charge on any atom is 0.254 e. The number of sulfonamides is 1. The molecule has 39 heavy (non-hydrogen) atoms. The summed E-state index contributed by atoms with van der Waals surface area (Å²) < 4.78 is 44.4. The topological polar surface area (TPSA) is 130 Å². The normalized spacial score (nSPS) is 19.4. The third-order valence-electron chi connectivity index (χ3n) is 6.97. The largest absolute Gasteiger partial charge is 0.497 e. The van der Waals surface area contributed by atoms with Crippen LogP contribution in [0.5, 0.6) is 5.75 Å². The number of halogens is 1. The van der Waals surface area contributed by atoms with E-state index in [2.05, 4.69) is 29.9 Å². The first-order valence-corrected chi connectivity index (χ1v) is 14.4. The van der Waals surface area contributed by atoms with Gasteiger partial charge in [0.15, 0.2) is 0 Å². The van der Waals surface area contributed by atoms with E-state index in [-0.39, 0.29) is 23.8 Å². The highest BCUT2D eigenvalue weighted by molar-refractivity contribution is 7.92. The van der Waals surface area contributed by atoms with Gasteiger partial charge in [-0.15, -0.1) is 0 Å². The number of hydrogen-bond donors (Lipinski definition) is 2. The van der Waals surface area contributed by atoms with Crippen LogP contribution in [-0.4, -0.2) is 71.1 Å². The number of benzene rings is 1. The van der Waals surface area contributed by atoms with E-state index in [9.17, 15) is 17.6 Å². The Morgan fingerprint density at radius 3 is 2.74 bits per heavy atom. The summed E-state index contributed by atoms with van der Waals surface area (Å²) in [6, 6.07) is 7.65. The second-order valence-electron chi connectivity index (χ2n) is 9.91. The first-order valence-electron chi connectivity index (χ1n) is 12.5. The Hall–Kier alpha value is -3.84. The molecule has 2 N–H and O–H groups in total. The number of aromatic nitrogens is 3. The summed E-state index contributed by atoms with van der Waals surface area (Å²) in [5, 5.41) is 3.05. The van der Waals surface area contributed by atoms with E-state index < -0.39 is 15.8 Å². The fourth-order valence-corrected chi connectivity index (χ4v) is 5.63. The smallest absolute Gasteiger partial charge is 0.254 e. The highest BCUT2D eigenvalue weighted by atomic mass is 32.2. The highest BCUT2D eigenvalue weighted by Crippen LogP contribution is 2.31. The number of likely N-dealkylation sites (tertiary alicyclic amines) is 1. The standard InChI is InChI=1S/C26H30FN7O4S/c1-16-8-21(5-7-34(16)25(35)17-4-6-28-24(9-17)32-39(3,36)37)33-14-18-13-29-26(31-23(18)15-33)30-20-10-19(27)11-22(12-20)38-2/h4,6,9-13,16,21H,5,7-8,14-15H2,1-3H3,(H,28,32)(H,29,30,31)/t16-,21-/m1/s1. The summed E-state index contributed by atoms with van der Waals surface area (Å²) in [7, 11) is -2.01. The summed E-state index contributed by atoms with van der Waals surface area (Å²) in [4.78, 5) is 30.5. The molecule has 0 unspecified atom stereocenters. The van der Waals surface area contributed by atoms with Crippen LogP contribution in [0.3, 0.4) is 0 Å².